The largest absolute Gasteiger partial charge is 0.480 e. The molecular formula is C12H21NO3. The van der Waals surface area contributed by atoms with Gasteiger partial charge in [-0.25, -0.2) is 0 Å². The van der Waals surface area contributed by atoms with Gasteiger partial charge in [0.15, 0.2) is 0 Å². The van der Waals surface area contributed by atoms with Crippen LogP contribution in [0.15, 0.2) is 0 Å². The fourth-order valence-electron chi connectivity index (χ4n) is 2.82. The summed E-state index contributed by atoms with van der Waals surface area (Å²) < 4.78 is 5.47. The quantitative estimate of drug-likeness (QED) is 0.776. The second-order valence-corrected chi connectivity index (χ2v) is 4.81. The maximum absolute atomic E-state index is 11.3. The lowest BCUT2D eigenvalue weighted by atomic mass is 10.0. The zero-order chi connectivity index (χ0) is 11.4. The van der Waals surface area contributed by atoms with Crippen LogP contribution in [-0.4, -0.2) is 47.8 Å². The maximum atomic E-state index is 11.3. The lowest BCUT2D eigenvalue weighted by Gasteiger charge is -2.36. The summed E-state index contributed by atoms with van der Waals surface area (Å²) in [6.45, 7) is 2.47. The SMILES string of the molecule is O=C(O)C1CCCCCN1C1CCCOC1. The number of hydrogen-bond donors (Lipinski definition) is 1. The number of hydrogen-bond acceptors (Lipinski definition) is 3. The van der Waals surface area contributed by atoms with Crippen molar-refractivity contribution in [2.75, 3.05) is 19.8 Å². The van der Waals surface area contributed by atoms with Crippen molar-refractivity contribution in [2.45, 2.75) is 50.6 Å². The van der Waals surface area contributed by atoms with Crippen LogP contribution in [0, 0.1) is 0 Å². The number of rotatable bonds is 2. The third kappa shape index (κ3) is 2.74. The molecule has 2 unspecified atom stereocenters. The molecule has 0 aliphatic carbocycles. The summed E-state index contributed by atoms with van der Waals surface area (Å²) in [6.07, 6.45) is 6.28. The molecule has 2 atom stereocenters. The van der Waals surface area contributed by atoms with Crippen LogP contribution in [0.3, 0.4) is 0 Å². The van der Waals surface area contributed by atoms with E-state index in [1.165, 1.54) is 0 Å². The van der Waals surface area contributed by atoms with E-state index in [9.17, 15) is 9.90 Å². The van der Waals surface area contributed by atoms with Crippen molar-refractivity contribution in [3.63, 3.8) is 0 Å². The number of aliphatic carboxylic acids is 1. The zero-order valence-corrected chi connectivity index (χ0v) is 9.73. The van der Waals surface area contributed by atoms with Gasteiger partial charge in [0.05, 0.1) is 6.61 Å². The molecule has 0 spiro atoms. The molecule has 2 rings (SSSR count). The highest BCUT2D eigenvalue weighted by atomic mass is 16.5. The molecule has 0 amide bonds. The van der Waals surface area contributed by atoms with Crippen LogP contribution in [0.5, 0.6) is 0 Å². The number of carboxylic acids is 1. The molecule has 92 valence electrons. The highest BCUT2D eigenvalue weighted by Gasteiger charge is 2.33. The number of likely N-dealkylation sites (tertiary alicyclic amines) is 1. The smallest absolute Gasteiger partial charge is 0.320 e. The summed E-state index contributed by atoms with van der Waals surface area (Å²) in [6, 6.07) is 0.0437. The number of ether oxygens (including phenoxy) is 1. The summed E-state index contributed by atoms with van der Waals surface area (Å²) in [5, 5.41) is 9.28. The minimum atomic E-state index is -0.660. The van der Waals surface area contributed by atoms with E-state index in [2.05, 4.69) is 4.90 Å². The Morgan fingerprint density at radius 1 is 1.19 bits per heavy atom. The summed E-state index contributed by atoms with van der Waals surface area (Å²) in [4.78, 5) is 13.5. The van der Waals surface area contributed by atoms with Crippen molar-refractivity contribution < 1.29 is 14.6 Å². The summed E-state index contributed by atoms with van der Waals surface area (Å²) in [5.74, 6) is -0.660. The number of carbonyl (C=O) groups is 1. The molecule has 0 radical (unpaired) electrons. The van der Waals surface area contributed by atoms with Gasteiger partial charge in [-0.05, 0) is 32.2 Å². The topological polar surface area (TPSA) is 49.8 Å². The van der Waals surface area contributed by atoms with Gasteiger partial charge in [0.25, 0.3) is 0 Å². The standard InChI is InChI=1S/C12H21NO3/c14-12(15)11-6-2-1-3-7-13(11)10-5-4-8-16-9-10/h10-11H,1-9H2,(H,14,15). The molecule has 4 nitrogen and oxygen atoms in total. The minimum absolute atomic E-state index is 0.283. The molecule has 16 heavy (non-hydrogen) atoms. The van der Waals surface area contributed by atoms with E-state index in [1.807, 2.05) is 0 Å². The predicted molar refractivity (Wildman–Crippen MR) is 60.4 cm³/mol. The van der Waals surface area contributed by atoms with Crippen molar-refractivity contribution in [3.8, 4) is 0 Å². The third-order valence-electron chi connectivity index (χ3n) is 3.68. The van der Waals surface area contributed by atoms with Crippen LogP contribution in [0.25, 0.3) is 0 Å². The van der Waals surface area contributed by atoms with Gasteiger partial charge in [0.1, 0.15) is 6.04 Å². The zero-order valence-electron chi connectivity index (χ0n) is 9.73. The summed E-state index contributed by atoms with van der Waals surface area (Å²) in [7, 11) is 0. The van der Waals surface area contributed by atoms with Crippen LogP contribution in [-0.2, 0) is 9.53 Å². The lowest BCUT2D eigenvalue weighted by molar-refractivity contribution is -0.145. The first-order chi connectivity index (χ1) is 7.79. The van der Waals surface area contributed by atoms with Crippen molar-refractivity contribution >= 4 is 5.97 Å². The Hall–Kier alpha value is -0.610. The summed E-state index contributed by atoms with van der Waals surface area (Å²) in [5.41, 5.74) is 0. The van der Waals surface area contributed by atoms with Gasteiger partial charge in [-0.1, -0.05) is 12.8 Å². The van der Waals surface area contributed by atoms with Crippen molar-refractivity contribution in [3.05, 3.63) is 0 Å². The second kappa shape index (κ2) is 5.64. The highest BCUT2D eigenvalue weighted by molar-refractivity contribution is 5.73. The van der Waals surface area contributed by atoms with Gasteiger partial charge >= 0.3 is 5.97 Å². The molecule has 1 N–H and O–H groups in total. The van der Waals surface area contributed by atoms with E-state index in [0.717, 1.165) is 51.7 Å². The first-order valence-corrected chi connectivity index (χ1v) is 6.35. The second-order valence-electron chi connectivity index (χ2n) is 4.81. The van der Waals surface area contributed by atoms with Crippen LogP contribution in [0.2, 0.25) is 0 Å². The van der Waals surface area contributed by atoms with Gasteiger partial charge in [-0.3, -0.25) is 9.69 Å². The molecule has 0 aromatic carbocycles. The molecule has 0 aromatic rings. The van der Waals surface area contributed by atoms with E-state index in [4.69, 9.17) is 4.74 Å². The summed E-state index contributed by atoms with van der Waals surface area (Å²) >= 11 is 0. The fourth-order valence-corrected chi connectivity index (χ4v) is 2.82. The van der Waals surface area contributed by atoms with Gasteiger partial charge in [0.2, 0.25) is 0 Å². The maximum Gasteiger partial charge on any atom is 0.320 e. The molecule has 2 fully saturated rings. The Balaban J connectivity index is 2.03. The van der Waals surface area contributed by atoms with E-state index < -0.39 is 5.97 Å². The van der Waals surface area contributed by atoms with E-state index >= 15 is 0 Å². The van der Waals surface area contributed by atoms with Gasteiger partial charge < -0.3 is 9.84 Å². The monoisotopic (exact) mass is 227 g/mol. The molecule has 2 aliphatic heterocycles. The van der Waals surface area contributed by atoms with Crippen molar-refractivity contribution in [2.24, 2.45) is 0 Å². The Bertz CT molecular complexity index is 238. The van der Waals surface area contributed by atoms with E-state index in [0.29, 0.717) is 12.6 Å². The highest BCUT2D eigenvalue weighted by Crippen LogP contribution is 2.23. The number of carboxylic acid groups (broad SMARTS) is 1. The van der Waals surface area contributed by atoms with E-state index in [-0.39, 0.29) is 6.04 Å². The van der Waals surface area contributed by atoms with Crippen LogP contribution >= 0.6 is 0 Å². The van der Waals surface area contributed by atoms with Crippen LogP contribution < -0.4 is 0 Å². The normalized spacial score (nSPS) is 33.2. The average Bonchev–Trinajstić information content (AvgIpc) is 2.55. The van der Waals surface area contributed by atoms with E-state index in [1.54, 1.807) is 0 Å². The molecule has 2 aliphatic rings. The molecular weight excluding hydrogens is 206 g/mol. The van der Waals surface area contributed by atoms with Crippen LogP contribution in [0.4, 0.5) is 0 Å². The molecule has 0 bridgehead atoms. The van der Waals surface area contributed by atoms with Gasteiger partial charge in [-0.2, -0.15) is 0 Å². The Morgan fingerprint density at radius 2 is 2.06 bits per heavy atom. The Labute approximate surface area is 96.6 Å². The molecule has 0 aromatic heterocycles. The lowest BCUT2D eigenvalue weighted by Crippen LogP contribution is -2.50. The van der Waals surface area contributed by atoms with Gasteiger partial charge in [0, 0.05) is 12.6 Å². The Morgan fingerprint density at radius 3 is 2.75 bits per heavy atom. The first kappa shape index (κ1) is 11.9. The predicted octanol–water partition coefficient (Wildman–Crippen LogP) is 1.49. The molecule has 2 heterocycles. The van der Waals surface area contributed by atoms with Crippen molar-refractivity contribution in [1.82, 2.24) is 4.90 Å². The fraction of sp³-hybridized carbons (Fsp3) is 0.917. The third-order valence-corrected chi connectivity index (χ3v) is 3.68. The minimum Gasteiger partial charge on any atom is -0.480 e. The Kier molecular flexibility index (Phi) is 4.18. The average molecular weight is 227 g/mol. The van der Waals surface area contributed by atoms with Gasteiger partial charge in [-0.15, -0.1) is 0 Å². The molecule has 4 heteroatoms. The van der Waals surface area contributed by atoms with Crippen LogP contribution in [0.1, 0.15) is 38.5 Å². The number of nitrogens with zero attached hydrogens (tertiary/aromatic N) is 1. The molecule has 0 saturated carbocycles. The molecule has 2 saturated heterocycles. The van der Waals surface area contributed by atoms with Crippen molar-refractivity contribution in [1.29, 1.82) is 0 Å². The first-order valence-electron chi connectivity index (χ1n) is 6.35.